The van der Waals surface area contributed by atoms with Gasteiger partial charge in [0, 0.05) is 17.0 Å². The molecule has 9 heteroatoms. The van der Waals surface area contributed by atoms with Crippen LogP contribution in [0, 0.1) is 5.82 Å². The van der Waals surface area contributed by atoms with Crippen molar-refractivity contribution in [2.45, 2.75) is 49.5 Å². The van der Waals surface area contributed by atoms with Crippen molar-refractivity contribution >= 4 is 11.6 Å². The number of aliphatic hydroxyl groups excluding tert-OH is 4. The third-order valence-electron chi connectivity index (χ3n) is 6.81. The van der Waals surface area contributed by atoms with Gasteiger partial charge in [0.1, 0.15) is 60.5 Å². The van der Waals surface area contributed by atoms with Crippen molar-refractivity contribution in [1.29, 1.82) is 0 Å². The predicted molar refractivity (Wildman–Crippen MR) is 133 cm³/mol. The Morgan fingerprint density at radius 2 is 1.73 bits per heavy atom. The standard InChI is InChI=1S/C28H28ClFO7/c29-22-7-3-16(28-27(34)26(33)25(32)24(13-31)37-28)10-17(22)9-15-1-5-20(6-2-15)35-14-21-12-18-11-19(30)4-8-23(18)36-21/h1-8,10-11,21,24-28,31-34H,9,12-14H2/t21?,24-,25-,26+,27-,28+/m1/s1. The molecule has 2 heterocycles. The highest BCUT2D eigenvalue weighted by atomic mass is 35.5. The monoisotopic (exact) mass is 530 g/mol. The van der Waals surface area contributed by atoms with Gasteiger partial charge < -0.3 is 34.6 Å². The first-order chi connectivity index (χ1) is 17.8. The van der Waals surface area contributed by atoms with Crippen LogP contribution in [0.2, 0.25) is 5.02 Å². The molecule has 37 heavy (non-hydrogen) atoms. The van der Waals surface area contributed by atoms with Gasteiger partial charge >= 0.3 is 0 Å². The van der Waals surface area contributed by atoms with Gasteiger partial charge in [-0.15, -0.1) is 0 Å². The molecule has 0 aromatic heterocycles. The van der Waals surface area contributed by atoms with Crippen molar-refractivity contribution in [3.8, 4) is 11.5 Å². The van der Waals surface area contributed by atoms with Crippen molar-refractivity contribution in [3.05, 3.63) is 93.8 Å². The Morgan fingerprint density at radius 1 is 0.946 bits per heavy atom. The quantitative estimate of drug-likeness (QED) is 0.372. The van der Waals surface area contributed by atoms with Gasteiger partial charge in [0.15, 0.2) is 0 Å². The molecule has 7 nitrogen and oxygen atoms in total. The Labute approximate surface area is 218 Å². The van der Waals surface area contributed by atoms with Crippen molar-refractivity contribution < 1.29 is 39.0 Å². The molecular weight excluding hydrogens is 503 g/mol. The first kappa shape index (κ1) is 25.9. The zero-order chi connectivity index (χ0) is 26.1. The molecule has 2 aliphatic rings. The number of rotatable bonds is 7. The second-order valence-corrected chi connectivity index (χ2v) is 9.84. The third kappa shape index (κ3) is 5.60. The van der Waals surface area contributed by atoms with Crippen LogP contribution in [0.25, 0.3) is 0 Å². The molecule has 0 spiro atoms. The van der Waals surface area contributed by atoms with Crippen LogP contribution in [0.4, 0.5) is 4.39 Å². The molecule has 0 bridgehead atoms. The lowest BCUT2D eigenvalue weighted by Gasteiger charge is -2.40. The molecule has 2 aliphatic heterocycles. The third-order valence-corrected chi connectivity index (χ3v) is 7.18. The Balaban J connectivity index is 1.22. The number of aliphatic hydroxyl groups is 4. The van der Waals surface area contributed by atoms with Crippen molar-refractivity contribution in [3.63, 3.8) is 0 Å². The fraction of sp³-hybridized carbons (Fsp3) is 0.357. The van der Waals surface area contributed by atoms with Gasteiger partial charge in [-0.05, 0) is 59.5 Å². The van der Waals surface area contributed by atoms with E-state index in [1.165, 1.54) is 12.1 Å². The largest absolute Gasteiger partial charge is 0.490 e. The van der Waals surface area contributed by atoms with E-state index in [1.807, 2.05) is 24.3 Å². The topological polar surface area (TPSA) is 109 Å². The number of fused-ring (bicyclic) bond motifs is 1. The highest BCUT2D eigenvalue weighted by Crippen LogP contribution is 2.35. The summed E-state index contributed by atoms with van der Waals surface area (Å²) >= 11 is 6.44. The van der Waals surface area contributed by atoms with E-state index in [2.05, 4.69) is 0 Å². The summed E-state index contributed by atoms with van der Waals surface area (Å²) in [6.07, 6.45) is -5.23. The van der Waals surface area contributed by atoms with E-state index < -0.39 is 37.1 Å². The molecule has 0 aliphatic carbocycles. The average Bonchev–Trinajstić information content (AvgIpc) is 3.30. The summed E-state index contributed by atoms with van der Waals surface area (Å²) in [5.41, 5.74) is 3.18. The average molecular weight is 531 g/mol. The number of hydrogen-bond acceptors (Lipinski definition) is 7. The number of halogens is 2. The van der Waals surface area contributed by atoms with Crippen LogP contribution in [0.3, 0.4) is 0 Å². The van der Waals surface area contributed by atoms with Gasteiger partial charge in [0.2, 0.25) is 0 Å². The first-order valence-corrected chi connectivity index (χ1v) is 12.5. The van der Waals surface area contributed by atoms with E-state index in [-0.39, 0.29) is 11.9 Å². The molecule has 0 saturated carbocycles. The highest BCUT2D eigenvalue weighted by molar-refractivity contribution is 6.31. The highest BCUT2D eigenvalue weighted by Gasteiger charge is 2.44. The molecule has 0 radical (unpaired) electrons. The summed E-state index contributed by atoms with van der Waals surface area (Å²) in [6, 6.07) is 17.2. The minimum absolute atomic E-state index is 0.180. The van der Waals surface area contributed by atoms with E-state index >= 15 is 0 Å². The van der Waals surface area contributed by atoms with E-state index in [0.717, 1.165) is 16.7 Å². The van der Waals surface area contributed by atoms with Crippen molar-refractivity contribution in [2.75, 3.05) is 13.2 Å². The maximum Gasteiger partial charge on any atom is 0.137 e. The second-order valence-electron chi connectivity index (χ2n) is 9.43. The summed E-state index contributed by atoms with van der Waals surface area (Å²) < 4.78 is 30.8. The molecule has 6 atom stereocenters. The fourth-order valence-corrected chi connectivity index (χ4v) is 4.96. The Bertz CT molecular complexity index is 1240. The lowest BCUT2D eigenvalue weighted by Crippen LogP contribution is -2.55. The molecule has 0 amide bonds. The van der Waals surface area contributed by atoms with Crippen LogP contribution in [0.5, 0.6) is 11.5 Å². The van der Waals surface area contributed by atoms with Gasteiger partial charge in [-0.25, -0.2) is 4.39 Å². The lowest BCUT2D eigenvalue weighted by atomic mass is 9.90. The summed E-state index contributed by atoms with van der Waals surface area (Å²) in [6.45, 7) is -0.155. The number of hydrogen-bond donors (Lipinski definition) is 4. The minimum atomic E-state index is -1.45. The van der Waals surface area contributed by atoms with Crippen LogP contribution >= 0.6 is 11.6 Å². The SMILES string of the molecule is OC[C@H]1O[C@@H](c2ccc(Cl)c(Cc3ccc(OCC4Cc5cc(F)ccc5O4)cc3)c2)[C@H](O)[C@@H](O)[C@@H]1O. The van der Waals surface area contributed by atoms with Crippen LogP contribution in [-0.2, 0) is 17.6 Å². The number of ether oxygens (including phenoxy) is 3. The zero-order valence-corrected chi connectivity index (χ0v) is 20.6. The predicted octanol–water partition coefficient (Wildman–Crippen LogP) is 2.97. The molecule has 5 rings (SSSR count). The maximum absolute atomic E-state index is 13.4. The fourth-order valence-electron chi connectivity index (χ4n) is 4.78. The van der Waals surface area contributed by atoms with Crippen LogP contribution < -0.4 is 9.47 Å². The molecule has 1 unspecified atom stereocenters. The van der Waals surface area contributed by atoms with Gasteiger partial charge in [-0.1, -0.05) is 35.9 Å². The molecular formula is C28H28ClFO7. The Morgan fingerprint density at radius 3 is 2.49 bits per heavy atom. The molecule has 4 N–H and O–H groups in total. The van der Waals surface area contributed by atoms with Gasteiger partial charge in [-0.3, -0.25) is 0 Å². The molecule has 1 fully saturated rings. The lowest BCUT2D eigenvalue weighted by molar-refractivity contribution is -0.231. The second kappa shape index (κ2) is 10.9. The molecule has 3 aromatic carbocycles. The van der Waals surface area contributed by atoms with Crippen LogP contribution in [0.15, 0.2) is 60.7 Å². The van der Waals surface area contributed by atoms with Gasteiger partial charge in [-0.2, -0.15) is 0 Å². The molecule has 196 valence electrons. The minimum Gasteiger partial charge on any atom is -0.490 e. The Hall–Kier alpha value is -2.72. The Kier molecular flexibility index (Phi) is 7.67. The van der Waals surface area contributed by atoms with Crippen LogP contribution in [-0.4, -0.2) is 64.2 Å². The van der Waals surface area contributed by atoms with Crippen molar-refractivity contribution in [2.24, 2.45) is 0 Å². The van der Waals surface area contributed by atoms with Crippen LogP contribution in [0.1, 0.15) is 28.4 Å². The summed E-state index contributed by atoms with van der Waals surface area (Å²) in [4.78, 5) is 0. The summed E-state index contributed by atoms with van der Waals surface area (Å²) in [5.74, 6) is 1.09. The van der Waals surface area contributed by atoms with Gasteiger partial charge in [0.25, 0.3) is 0 Å². The smallest absolute Gasteiger partial charge is 0.137 e. The maximum atomic E-state index is 13.4. The van der Waals surface area contributed by atoms with E-state index in [1.54, 1.807) is 24.3 Å². The summed E-state index contributed by atoms with van der Waals surface area (Å²) in [5, 5.41) is 40.6. The zero-order valence-electron chi connectivity index (χ0n) is 19.8. The first-order valence-electron chi connectivity index (χ1n) is 12.1. The van der Waals surface area contributed by atoms with E-state index in [9.17, 15) is 24.8 Å². The normalized spacial score (nSPS) is 27.0. The molecule has 3 aromatic rings. The van der Waals surface area contributed by atoms with Crippen molar-refractivity contribution in [1.82, 2.24) is 0 Å². The molecule has 1 saturated heterocycles. The summed E-state index contributed by atoms with van der Waals surface area (Å²) in [7, 11) is 0. The van der Waals surface area contributed by atoms with E-state index in [4.69, 9.17) is 25.8 Å². The number of benzene rings is 3. The van der Waals surface area contributed by atoms with E-state index in [0.29, 0.717) is 41.5 Å². The van der Waals surface area contributed by atoms with Gasteiger partial charge in [0.05, 0.1) is 6.61 Å².